The largest absolute Gasteiger partial charge is 0.494 e. The molecule has 1 aromatic carbocycles. The maximum Gasteiger partial charge on any atom is 0.167 e. The molecule has 1 aromatic rings. The van der Waals surface area contributed by atoms with Gasteiger partial charge in [-0.3, -0.25) is 0 Å². The number of methoxy groups -OCH3 is 1. The second-order valence-electron chi connectivity index (χ2n) is 4.24. The van der Waals surface area contributed by atoms with Gasteiger partial charge < -0.3 is 15.4 Å². The molecule has 16 heavy (non-hydrogen) atoms. The maximum absolute atomic E-state index is 13.4. The summed E-state index contributed by atoms with van der Waals surface area (Å²) in [5.74, 6) is -0.166. The third-order valence-electron chi connectivity index (χ3n) is 3.30. The molecular formula is C12H17FN2O. The van der Waals surface area contributed by atoms with E-state index >= 15 is 0 Å². The molecule has 88 valence electrons. The van der Waals surface area contributed by atoms with Gasteiger partial charge in [-0.1, -0.05) is 0 Å². The first-order valence-electron chi connectivity index (χ1n) is 5.49. The minimum atomic E-state index is -0.411. The van der Waals surface area contributed by atoms with Crippen molar-refractivity contribution in [3.05, 3.63) is 17.9 Å². The highest BCUT2D eigenvalue weighted by atomic mass is 19.1. The Bertz CT molecular complexity index is 391. The topological polar surface area (TPSA) is 38.5 Å². The number of nitrogens with zero attached hydrogens (tertiary/aromatic N) is 1. The summed E-state index contributed by atoms with van der Waals surface area (Å²) in [4.78, 5) is 2.11. The number of nitrogens with two attached hydrogens (primary N) is 1. The zero-order valence-electron chi connectivity index (χ0n) is 9.66. The molecule has 1 aliphatic rings. The van der Waals surface area contributed by atoms with E-state index in [4.69, 9.17) is 10.5 Å². The second-order valence-corrected chi connectivity index (χ2v) is 4.24. The Morgan fingerprint density at radius 3 is 2.62 bits per heavy atom. The van der Waals surface area contributed by atoms with Crippen LogP contribution in [0.3, 0.4) is 0 Å². The molecule has 0 radical (unpaired) electrons. The molecule has 1 aliphatic carbocycles. The summed E-state index contributed by atoms with van der Waals surface area (Å²) in [7, 11) is 3.45. The zero-order valence-corrected chi connectivity index (χ0v) is 9.66. The molecule has 0 spiro atoms. The van der Waals surface area contributed by atoms with Crippen molar-refractivity contribution in [2.24, 2.45) is 0 Å². The minimum Gasteiger partial charge on any atom is -0.494 e. The van der Waals surface area contributed by atoms with E-state index in [0.29, 0.717) is 11.7 Å². The molecule has 1 fully saturated rings. The number of hydrogen-bond donors (Lipinski definition) is 1. The van der Waals surface area contributed by atoms with Gasteiger partial charge in [0.25, 0.3) is 0 Å². The number of anilines is 2. The Balaban J connectivity index is 2.31. The molecular weight excluding hydrogens is 207 g/mol. The van der Waals surface area contributed by atoms with Gasteiger partial charge in [-0.05, 0) is 19.3 Å². The number of ether oxygens (including phenoxy) is 1. The summed E-state index contributed by atoms with van der Waals surface area (Å²) < 4.78 is 18.3. The molecule has 0 atom stereocenters. The first-order valence-corrected chi connectivity index (χ1v) is 5.49. The average molecular weight is 224 g/mol. The van der Waals surface area contributed by atoms with Gasteiger partial charge in [-0.25, -0.2) is 4.39 Å². The van der Waals surface area contributed by atoms with Gasteiger partial charge in [-0.2, -0.15) is 0 Å². The van der Waals surface area contributed by atoms with Crippen molar-refractivity contribution in [1.82, 2.24) is 0 Å². The van der Waals surface area contributed by atoms with E-state index in [1.165, 1.54) is 32.4 Å². The molecule has 0 saturated heterocycles. The molecule has 3 nitrogen and oxygen atoms in total. The summed E-state index contributed by atoms with van der Waals surface area (Å²) >= 11 is 0. The van der Waals surface area contributed by atoms with Gasteiger partial charge in [0, 0.05) is 25.2 Å². The van der Waals surface area contributed by atoms with Crippen molar-refractivity contribution >= 4 is 11.4 Å². The van der Waals surface area contributed by atoms with Crippen LogP contribution < -0.4 is 15.4 Å². The first kappa shape index (κ1) is 11.0. The Kier molecular flexibility index (Phi) is 2.90. The molecule has 0 unspecified atom stereocenters. The summed E-state index contributed by atoms with van der Waals surface area (Å²) in [6, 6.07) is 3.52. The summed E-state index contributed by atoms with van der Waals surface area (Å²) in [6.45, 7) is 0. The van der Waals surface area contributed by atoms with Gasteiger partial charge in [0.1, 0.15) is 0 Å². The highest BCUT2D eigenvalue weighted by Gasteiger charge is 2.24. The zero-order chi connectivity index (χ0) is 11.7. The van der Waals surface area contributed by atoms with Crippen LogP contribution in [-0.4, -0.2) is 20.2 Å². The Morgan fingerprint density at radius 1 is 1.44 bits per heavy atom. The van der Waals surface area contributed by atoms with E-state index in [1.807, 2.05) is 7.05 Å². The number of hydrogen-bond acceptors (Lipinski definition) is 3. The fraction of sp³-hybridized carbons (Fsp3) is 0.500. The van der Waals surface area contributed by atoms with Crippen LogP contribution in [0.15, 0.2) is 12.1 Å². The van der Waals surface area contributed by atoms with E-state index in [9.17, 15) is 4.39 Å². The average Bonchev–Trinajstić information content (AvgIpc) is 2.15. The lowest BCUT2D eigenvalue weighted by Crippen LogP contribution is -2.37. The molecule has 2 rings (SSSR count). The van der Waals surface area contributed by atoms with Crippen LogP contribution in [0, 0.1) is 5.82 Å². The quantitative estimate of drug-likeness (QED) is 0.801. The molecule has 2 N–H and O–H groups in total. The van der Waals surface area contributed by atoms with Crippen molar-refractivity contribution < 1.29 is 9.13 Å². The highest BCUT2D eigenvalue weighted by Crippen LogP contribution is 2.35. The van der Waals surface area contributed by atoms with Crippen LogP contribution in [0.4, 0.5) is 15.8 Å². The lowest BCUT2D eigenvalue weighted by molar-refractivity contribution is 0.383. The Hall–Kier alpha value is -1.45. The number of rotatable bonds is 3. The molecule has 4 heteroatoms. The van der Waals surface area contributed by atoms with Crippen LogP contribution >= 0.6 is 0 Å². The van der Waals surface area contributed by atoms with Crippen LogP contribution in [0.5, 0.6) is 5.75 Å². The minimum absolute atomic E-state index is 0.246. The molecule has 0 aliphatic heterocycles. The molecule has 0 heterocycles. The van der Waals surface area contributed by atoms with Gasteiger partial charge in [0.2, 0.25) is 0 Å². The van der Waals surface area contributed by atoms with E-state index in [1.54, 1.807) is 6.07 Å². The van der Waals surface area contributed by atoms with E-state index in [0.717, 1.165) is 5.69 Å². The third-order valence-corrected chi connectivity index (χ3v) is 3.30. The van der Waals surface area contributed by atoms with Crippen LogP contribution in [0.2, 0.25) is 0 Å². The van der Waals surface area contributed by atoms with Crippen LogP contribution in [-0.2, 0) is 0 Å². The van der Waals surface area contributed by atoms with E-state index in [2.05, 4.69) is 4.90 Å². The number of halogens is 1. The van der Waals surface area contributed by atoms with Crippen LogP contribution in [0.25, 0.3) is 0 Å². The van der Waals surface area contributed by atoms with Gasteiger partial charge >= 0.3 is 0 Å². The highest BCUT2D eigenvalue weighted by molar-refractivity contribution is 5.70. The summed E-state index contributed by atoms with van der Waals surface area (Å²) in [6.07, 6.45) is 3.61. The monoisotopic (exact) mass is 224 g/mol. The fourth-order valence-corrected chi connectivity index (χ4v) is 1.99. The molecule has 0 aromatic heterocycles. The predicted molar refractivity (Wildman–Crippen MR) is 63.4 cm³/mol. The Labute approximate surface area is 95.0 Å². The smallest absolute Gasteiger partial charge is 0.167 e. The lowest BCUT2D eigenvalue weighted by Gasteiger charge is -2.37. The van der Waals surface area contributed by atoms with Gasteiger partial charge in [-0.15, -0.1) is 0 Å². The van der Waals surface area contributed by atoms with Crippen LogP contribution in [0.1, 0.15) is 19.3 Å². The molecule has 0 amide bonds. The summed E-state index contributed by atoms with van der Waals surface area (Å²) in [5, 5.41) is 0. The van der Waals surface area contributed by atoms with Crippen molar-refractivity contribution in [2.75, 3.05) is 24.8 Å². The third kappa shape index (κ3) is 1.79. The summed E-state index contributed by atoms with van der Waals surface area (Å²) in [5.41, 5.74) is 7.14. The molecule has 1 saturated carbocycles. The normalized spacial score (nSPS) is 15.7. The lowest BCUT2D eigenvalue weighted by atomic mass is 9.91. The number of benzene rings is 1. The fourth-order valence-electron chi connectivity index (χ4n) is 1.99. The van der Waals surface area contributed by atoms with Crippen molar-refractivity contribution in [3.63, 3.8) is 0 Å². The number of nitrogen functional groups attached to an aromatic ring is 1. The van der Waals surface area contributed by atoms with Gasteiger partial charge in [0.05, 0.1) is 18.5 Å². The maximum atomic E-state index is 13.4. The standard InChI is InChI=1S/C12H17FN2O/c1-15(8-4-3-5-8)11-7-12(16-2)9(13)6-10(11)14/h6-8H,3-5,14H2,1-2H3. The predicted octanol–water partition coefficient (Wildman–Crippen LogP) is 2.41. The van der Waals surface area contributed by atoms with Gasteiger partial charge in [0.15, 0.2) is 11.6 Å². The van der Waals surface area contributed by atoms with Crippen molar-refractivity contribution in [1.29, 1.82) is 0 Å². The first-order chi connectivity index (χ1) is 7.63. The van der Waals surface area contributed by atoms with Crippen molar-refractivity contribution in [2.45, 2.75) is 25.3 Å². The van der Waals surface area contributed by atoms with Crippen molar-refractivity contribution in [3.8, 4) is 5.75 Å². The second kappa shape index (κ2) is 4.20. The Morgan fingerprint density at radius 2 is 2.12 bits per heavy atom. The SMILES string of the molecule is COc1cc(N(C)C2CCC2)c(N)cc1F. The van der Waals surface area contributed by atoms with E-state index < -0.39 is 5.82 Å². The molecule has 0 bridgehead atoms. The van der Waals surface area contributed by atoms with E-state index in [-0.39, 0.29) is 5.75 Å².